The van der Waals surface area contributed by atoms with Crippen molar-refractivity contribution in [3.63, 3.8) is 0 Å². The van der Waals surface area contributed by atoms with Gasteiger partial charge in [0.1, 0.15) is 5.82 Å². The monoisotopic (exact) mass is 208 g/mol. The first-order valence-electron chi connectivity index (χ1n) is 5.19. The molecule has 1 heterocycles. The Hall–Kier alpha value is -1.16. The van der Waals surface area contributed by atoms with Crippen molar-refractivity contribution in [2.45, 2.75) is 27.7 Å². The normalized spacial score (nSPS) is 11.5. The summed E-state index contributed by atoms with van der Waals surface area (Å²) in [6.07, 6.45) is 1.77. The Morgan fingerprint density at radius 3 is 2.67 bits per heavy atom. The number of aromatic nitrogens is 2. The van der Waals surface area contributed by atoms with E-state index in [0.717, 1.165) is 23.8 Å². The van der Waals surface area contributed by atoms with Gasteiger partial charge in [0.05, 0.1) is 11.4 Å². The van der Waals surface area contributed by atoms with Gasteiger partial charge in [0.2, 0.25) is 0 Å². The van der Waals surface area contributed by atoms with Crippen molar-refractivity contribution in [1.29, 1.82) is 0 Å². The first-order chi connectivity index (χ1) is 6.94. The van der Waals surface area contributed by atoms with Crippen LogP contribution in [0.25, 0.3) is 0 Å². The summed E-state index contributed by atoms with van der Waals surface area (Å²) in [6, 6.07) is 0. The average Bonchev–Trinajstić information content (AvgIpc) is 2.20. The molecule has 0 saturated carbocycles. The van der Waals surface area contributed by atoms with Gasteiger partial charge in [0.25, 0.3) is 0 Å². The Morgan fingerprint density at radius 1 is 1.40 bits per heavy atom. The molecule has 4 nitrogen and oxygen atoms in total. The van der Waals surface area contributed by atoms with E-state index in [4.69, 9.17) is 5.73 Å². The molecule has 0 spiro atoms. The van der Waals surface area contributed by atoms with Crippen molar-refractivity contribution in [3.05, 3.63) is 17.6 Å². The molecule has 0 aliphatic heterocycles. The zero-order chi connectivity index (χ0) is 11.5. The van der Waals surface area contributed by atoms with Gasteiger partial charge >= 0.3 is 0 Å². The standard InChI is InChI=1S/C11H20N4/c1-8-5-13-9(2)10(15-8)14-7-11(3,4)6-12/h5H,6-7,12H2,1-4H3,(H,14,15). The molecule has 0 unspecified atom stereocenters. The lowest BCUT2D eigenvalue weighted by atomic mass is 9.94. The largest absolute Gasteiger partial charge is 0.368 e. The van der Waals surface area contributed by atoms with E-state index < -0.39 is 0 Å². The fraction of sp³-hybridized carbons (Fsp3) is 0.636. The van der Waals surface area contributed by atoms with Gasteiger partial charge in [0, 0.05) is 12.7 Å². The number of nitrogens with zero attached hydrogens (tertiary/aromatic N) is 2. The van der Waals surface area contributed by atoms with Gasteiger partial charge in [-0.05, 0) is 25.8 Å². The fourth-order valence-corrected chi connectivity index (χ4v) is 1.10. The van der Waals surface area contributed by atoms with Gasteiger partial charge in [0.15, 0.2) is 0 Å². The van der Waals surface area contributed by atoms with Crippen LogP contribution in [0.15, 0.2) is 6.20 Å². The Kier molecular flexibility index (Phi) is 3.63. The van der Waals surface area contributed by atoms with E-state index in [1.807, 2.05) is 13.8 Å². The van der Waals surface area contributed by atoms with E-state index in [1.165, 1.54) is 0 Å². The third-order valence-electron chi connectivity index (χ3n) is 2.36. The van der Waals surface area contributed by atoms with Crippen molar-refractivity contribution in [3.8, 4) is 0 Å². The second-order valence-electron chi connectivity index (χ2n) is 4.67. The molecule has 84 valence electrons. The molecule has 3 N–H and O–H groups in total. The minimum atomic E-state index is 0.0812. The van der Waals surface area contributed by atoms with Crippen molar-refractivity contribution in [2.75, 3.05) is 18.4 Å². The van der Waals surface area contributed by atoms with E-state index in [2.05, 4.69) is 29.1 Å². The molecule has 0 fully saturated rings. The predicted molar refractivity (Wildman–Crippen MR) is 62.8 cm³/mol. The van der Waals surface area contributed by atoms with Gasteiger partial charge in [-0.15, -0.1) is 0 Å². The summed E-state index contributed by atoms with van der Waals surface area (Å²) in [7, 11) is 0. The van der Waals surface area contributed by atoms with Gasteiger partial charge in [-0.2, -0.15) is 0 Å². The summed E-state index contributed by atoms with van der Waals surface area (Å²) in [6.45, 7) is 9.59. The second-order valence-corrected chi connectivity index (χ2v) is 4.67. The van der Waals surface area contributed by atoms with Crippen molar-refractivity contribution in [1.82, 2.24) is 9.97 Å². The lowest BCUT2D eigenvalue weighted by Crippen LogP contribution is -2.31. The zero-order valence-corrected chi connectivity index (χ0v) is 9.96. The van der Waals surface area contributed by atoms with Crippen LogP contribution in [-0.4, -0.2) is 23.1 Å². The summed E-state index contributed by atoms with van der Waals surface area (Å²) in [5.41, 5.74) is 7.59. The van der Waals surface area contributed by atoms with Crippen LogP contribution >= 0.6 is 0 Å². The lowest BCUT2D eigenvalue weighted by molar-refractivity contribution is 0.405. The maximum Gasteiger partial charge on any atom is 0.147 e. The van der Waals surface area contributed by atoms with Gasteiger partial charge < -0.3 is 11.1 Å². The molecular weight excluding hydrogens is 188 g/mol. The molecule has 4 heteroatoms. The van der Waals surface area contributed by atoms with Crippen LogP contribution in [0, 0.1) is 19.3 Å². The van der Waals surface area contributed by atoms with Crippen LogP contribution in [0.4, 0.5) is 5.82 Å². The van der Waals surface area contributed by atoms with Gasteiger partial charge in [-0.25, -0.2) is 4.98 Å². The van der Waals surface area contributed by atoms with Gasteiger partial charge in [-0.1, -0.05) is 13.8 Å². The zero-order valence-electron chi connectivity index (χ0n) is 9.96. The molecule has 1 rings (SSSR count). The Bertz CT molecular complexity index is 333. The summed E-state index contributed by atoms with van der Waals surface area (Å²) in [5.74, 6) is 0.858. The topological polar surface area (TPSA) is 63.8 Å². The third-order valence-corrected chi connectivity index (χ3v) is 2.36. The molecule has 0 aromatic carbocycles. The highest BCUT2D eigenvalue weighted by Gasteiger charge is 2.15. The Morgan fingerprint density at radius 2 is 2.07 bits per heavy atom. The number of anilines is 1. The lowest BCUT2D eigenvalue weighted by Gasteiger charge is -2.23. The number of hydrogen-bond donors (Lipinski definition) is 2. The maximum absolute atomic E-state index is 5.66. The number of aryl methyl sites for hydroxylation is 2. The van der Waals surface area contributed by atoms with E-state index in [-0.39, 0.29) is 5.41 Å². The van der Waals surface area contributed by atoms with Crippen LogP contribution in [0.3, 0.4) is 0 Å². The van der Waals surface area contributed by atoms with Crippen LogP contribution in [0.1, 0.15) is 25.2 Å². The Labute approximate surface area is 91.3 Å². The molecule has 0 radical (unpaired) electrons. The average molecular weight is 208 g/mol. The molecular formula is C11H20N4. The van der Waals surface area contributed by atoms with Crippen molar-refractivity contribution >= 4 is 5.82 Å². The highest BCUT2D eigenvalue weighted by atomic mass is 15.0. The van der Waals surface area contributed by atoms with Crippen LogP contribution in [0.2, 0.25) is 0 Å². The third kappa shape index (κ3) is 3.47. The molecule has 0 bridgehead atoms. The summed E-state index contributed by atoms with van der Waals surface area (Å²) in [4.78, 5) is 8.64. The van der Waals surface area contributed by atoms with E-state index in [1.54, 1.807) is 6.20 Å². The van der Waals surface area contributed by atoms with Crippen LogP contribution < -0.4 is 11.1 Å². The quantitative estimate of drug-likeness (QED) is 0.787. The summed E-state index contributed by atoms with van der Waals surface area (Å²) < 4.78 is 0. The van der Waals surface area contributed by atoms with E-state index in [9.17, 15) is 0 Å². The molecule has 0 atom stereocenters. The maximum atomic E-state index is 5.66. The van der Waals surface area contributed by atoms with Crippen LogP contribution in [0.5, 0.6) is 0 Å². The smallest absolute Gasteiger partial charge is 0.147 e. The number of nitrogens with two attached hydrogens (primary N) is 1. The molecule has 0 amide bonds. The van der Waals surface area contributed by atoms with E-state index in [0.29, 0.717) is 6.54 Å². The SMILES string of the molecule is Cc1cnc(C)c(NCC(C)(C)CN)n1. The van der Waals surface area contributed by atoms with Gasteiger partial charge in [-0.3, -0.25) is 4.98 Å². The highest BCUT2D eigenvalue weighted by Crippen LogP contribution is 2.15. The molecule has 0 aliphatic rings. The molecule has 1 aromatic heterocycles. The number of rotatable bonds is 4. The first-order valence-corrected chi connectivity index (χ1v) is 5.19. The first kappa shape index (κ1) is 11.9. The Balaban J connectivity index is 2.69. The van der Waals surface area contributed by atoms with Crippen molar-refractivity contribution < 1.29 is 0 Å². The fourth-order valence-electron chi connectivity index (χ4n) is 1.10. The predicted octanol–water partition coefficient (Wildman–Crippen LogP) is 1.49. The minimum absolute atomic E-state index is 0.0812. The summed E-state index contributed by atoms with van der Waals surface area (Å²) >= 11 is 0. The molecule has 1 aromatic rings. The summed E-state index contributed by atoms with van der Waals surface area (Å²) in [5, 5.41) is 3.29. The second kappa shape index (κ2) is 4.57. The number of nitrogens with one attached hydrogen (secondary N) is 1. The molecule has 15 heavy (non-hydrogen) atoms. The number of hydrogen-bond acceptors (Lipinski definition) is 4. The molecule has 0 aliphatic carbocycles. The van der Waals surface area contributed by atoms with Crippen molar-refractivity contribution in [2.24, 2.45) is 11.1 Å². The van der Waals surface area contributed by atoms with E-state index >= 15 is 0 Å². The highest BCUT2D eigenvalue weighted by molar-refractivity contribution is 5.39. The van der Waals surface area contributed by atoms with Crippen LogP contribution in [-0.2, 0) is 0 Å². The minimum Gasteiger partial charge on any atom is -0.368 e. The molecule has 0 saturated heterocycles.